The fraction of sp³-hybridized carbons (Fsp3) is 0.333. The number of hydrogen-bond acceptors (Lipinski definition) is 5. The minimum Gasteiger partial charge on any atom is -0.328 e. The lowest BCUT2D eigenvalue weighted by atomic mass is 10.1. The van der Waals surface area contributed by atoms with Gasteiger partial charge < -0.3 is 14.8 Å². The predicted molar refractivity (Wildman–Crippen MR) is 131 cm³/mol. The summed E-state index contributed by atoms with van der Waals surface area (Å²) in [6, 6.07) is 14.5. The van der Waals surface area contributed by atoms with E-state index in [2.05, 4.69) is 15.5 Å². The number of para-hydroxylation sites is 1. The van der Waals surface area contributed by atoms with Gasteiger partial charge in [-0.3, -0.25) is 9.59 Å². The van der Waals surface area contributed by atoms with E-state index >= 15 is 0 Å². The minimum absolute atomic E-state index is 0.0355. The zero-order valence-electron chi connectivity index (χ0n) is 18.6. The molecule has 2 amide bonds. The molecule has 0 spiro atoms. The summed E-state index contributed by atoms with van der Waals surface area (Å²) in [5.41, 5.74) is 2.43. The molecule has 2 heterocycles. The summed E-state index contributed by atoms with van der Waals surface area (Å²) in [7, 11) is 0. The molecule has 1 N–H and O–H groups in total. The first-order valence-corrected chi connectivity index (χ1v) is 12.3. The van der Waals surface area contributed by atoms with E-state index in [1.807, 2.05) is 47.6 Å². The number of carbonyl (C=O) groups excluding carboxylic acids is 2. The van der Waals surface area contributed by atoms with Crippen LogP contribution in [-0.4, -0.2) is 43.8 Å². The van der Waals surface area contributed by atoms with Crippen LogP contribution in [0.3, 0.4) is 0 Å². The third-order valence-corrected chi connectivity index (χ3v) is 6.93. The third-order valence-electron chi connectivity index (χ3n) is 5.72. The van der Waals surface area contributed by atoms with Gasteiger partial charge in [0.2, 0.25) is 5.91 Å². The molecule has 1 aliphatic heterocycles. The van der Waals surface area contributed by atoms with E-state index in [1.54, 1.807) is 24.3 Å². The molecule has 172 valence electrons. The Labute approximate surface area is 202 Å². The number of thioether (sulfide) groups is 1. The molecule has 1 unspecified atom stereocenters. The van der Waals surface area contributed by atoms with Crippen LogP contribution < -0.4 is 5.32 Å². The summed E-state index contributed by atoms with van der Waals surface area (Å²) >= 11 is 7.32. The minimum atomic E-state index is -0.143. The van der Waals surface area contributed by atoms with Crippen molar-refractivity contribution in [2.75, 3.05) is 17.6 Å². The summed E-state index contributed by atoms with van der Waals surface area (Å²) in [6.07, 6.45) is 1.73. The first kappa shape index (κ1) is 23.3. The number of carbonyl (C=O) groups is 2. The number of rotatable bonds is 7. The average molecular weight is 484 g/mol. The van der Waals surface area contributed by atoms with Crippen LogP contribution in [0.5, 0.6) is 0 Å². The van der Waals surface area contributed by atoms with Crippen molar-refractivity contribution < 1.29 is 9.59 Å². The maximum Gasteiger partial charge on any atom is 0.254 e. The normalized spacial score (nSPS) is 15.6. The lowest BCUT2D eigenvalue weighted by Gasteiger charge is -2.24. The molecule has 4 rings (SSSR count). The average Bonchev–Trinajstić information content (AvgIpc) is 3.45. The number of halogens is 1. The number of hydrogen-bond donors (Lipinski definition) is 1. The molecule has 33 heavy (non-hydrogen) atoms. The maximum atomic E-state index is 13.1. The van der Waals surface area contributed by atoms with E-state index in [1.165, 1.54) is 11.8 Å². The fourth-order valence-corrected chi connectivity index (χ4v) is 4.95. The summed E-state index contributed by atoms with van der Waals surface area (Å²) in [6.45, 7) is 5.31. The number of nitrogens with one attached hydrogen (secondary N) is 1. The van der Waals surface area contributed by atoms with E-state index in [-0.39, 0.29) is 23.6 Å². The summed E-state index contributed by atoms with van der Waals surface area (Å²) in [5.74, 6) is 0.859. The summed E-state index contributed by atoms with van der Waals surface area (Å²) < 4.78 is 2.00. The highest BCUT2D eigenvalue weighted by molar-refractivity contribution is 7.99. The Balaban J connectivity index is 1.46. The highest BCUT2D eigenvalue weighted by Gasteiger charge is 2.34. The van der Waals surface area contributed by atoms with Crippen molar-refractivity contribution in [2.45, 2.75) is 44.4 Å². The number of benzene rings is 2. The molecule has 0 radical (unpaired) electrons. The van der Waals surface area contributed by atoms with Crippen molar-refractivity contribution in [1.82, 2.24) is 19.7 Å². The number of aromatic nitrogens is 3. The van der Waals surface area contributed by atoms with Gasteiger partial charge in [0.15, 0.2) is 11.0 Å². The van der Waals surface area contributed by atoms with Crippen LogP contribution in [-0.2, 0) is 11.3 Å². The van der Waals surface area contributed by atoms with Crippen LogP contribution >= 0.6 is 23.4 Å². The highest BCUT2D eigenvalue weighted by Crippen LogP contribution is 2.34. The lowest BCUT2D eigenvalue weighted by molar-refractivity contribution is -0.113. The molecule has 7 nitrogen and oxygen atoms in total. The van der Waals surface area contributed by atoms with Crippen molar-refractivity contribution in [3.63, 3.8) is 0 Å². The fourth-order valence-electron chi connectivity index (χ4n) is 4.02. The van der Waals surface area contributed by atoms with Crippen LogP contribution in [0.2, 0.25) is 5.02 Å². The van der Waals surface area contributed by atoms with Crippen molar-refractivity contribution in [2.24, 2.45) is 0 Å². The molecule has 1 aliphatic rings. The van der Waals surface area contributed by atoms with Crippen LogP contribution in [0.4, 0.5) is 5.69 Å². The molecule has 2 aromatic carbocycles. The molecule has 1 fully saturated rings. The first-order valence-electron chi connectivity index (χ1n) is 11.0. The number of amides is 2. The molecule has 0 bridgehead atoms. The zero-order chi connectivity index (χ0) is 23.4. The monoisotopic (exact) mass is 483 g/mol. The van der Waals surface area contributed by atoms with E-state index in [9.17, 15) is 9.59 Å². The largest absolute Gasteiger partial charge is 0.328 e. The van der Waals surface area contributed by atoms with E-state index in [4.69, 9.17) is 11.6 Å². The van der Waals surface area contributed by atoms with Crippen LogP contribution in [0.1, 0.15) is 47.6 Å². The second-order valence-electron chi connectivity index (χ2n) is 7.90. The first-order chi connectivity index (χ1) is 16.0. The Hall–Kier alpha value is -2.84. The Morgan fingerprint density at radius 1 is 1.15 bits per heavy atom. The van der Waals surface area contributed by atoms with Gasteiger partial charge in [-0.05, 0) is 62.6 Å². The van der Waals surface area contributed by atoms with Gasteiger partial charge in [-0.25, -0.2) is 0 Å². The van der Waals surface area contributed by atoms with Crippen molar-refractivity contribution in [3.05, 3.63) is 70.5 Å². The van der Waals surface area contributed by atoms with Gasteiger partial charge >= 0.3 is 0 Å². The smallest absolute Gasteiger partial charge is 0.254 e. The molecule has 9 heteroatoms. The van der Waals surface area contributed by atoms with Crippen LogP contribution in [0.25, 0.3) is 0 Å². The molecular weight excluding hydrogens is 458 g/mol. The van der Waals surface area contributed by atoms with E-state index < -0.39 is 0 Å². The van der Waals surface area contributed by atoms with Crippen LogP contribution in [0.15, 0.2) is 53.7 Å². The van der Waals surface area contributed by atoms with E-state index in [0.717, 1.165) is 29.9 Å². The van der Waals surface area contributed by atoms with Crippen LogP contribution in [0, 0.1) is 6.92 Å². The Morgan fingerprint density at radius 2 is 1.91 bits per heavy atom. The summed E-state index contributed by atoms with van der Waals surface area (Å²) in [5, 5.41) is 13.0. The molecule has 1 atom stereocenters. The topological polar surface area (TPSA) is 80.1 Å². The molecular formula is C24H26ClN5O2S. The van der Waals surface area contributed by atoms with Crippen molar-refractivity contribution in [3.8, 4) is 0 Å². The highest BCUT2D eigenvalue weighted by atomic mass is 35.5. The second kappa shape index (κ2) is 10.4. The molecule has 3 aromatic rings. The predicted octanol–water partition coefficient (Wildman–Crippen LogP) is 4.97. The standard InChI is InChI=1S/C24H26ClN5O2S/c1-3-29-22(20-9-6-14-30(20)23(32)17-10-12-18(25)13-11-17)27-28-24(29)33-15-21(31)26-19-8-5-4-7-16(19)2/h4-5,7-8,10-13,20H,3,6,9,14-15H2,1-2H3,(H,26,31). The molecule has 1 aromatic heterocycles. The number of anilines is 1. The Kier molecular flexibility index (Phi) is 7.35. The van der Waals surface area contributed by atoms with Gasteiger partial charge in [0, 0.05) is 29.4 Å². The van der Waals surface area contributed by atoms with Gasteiger partial charge in [-0.1, -0.05) is 41.6 Å². The Bertz CT molecular complexity index is 1150. The van der Waals surface area contributed by atoms with Crippen molar-refractivity contribution >= 4 is 40.9 Å². The lowest BCUT2D eigenvalue weighted by Crippen LogP contribution is -2.32. The second-order valence-corrected chi connectivity index (χ2v) is 9.28. The number of nitrogens with zero attached hydrogens (tertiary/aromatic N) is 4. The Morgan fingerprint density at radius 3 is 2.64 bits per heavy atom. The van der Waals surface area contributed by atoms with Gasteiger partial charge in [-0.15, -0.1) is 10.2 Å². The quantitative estimate of drug-likeness (QED) is 0.480. The molecule has 0 saturated carbocycles. The van der Waals surface area contributed by atoms with Gasteiger partial charge in [0.1, 0.15) is 0 Å². The van der Waals surface area contributed by atoms with Gasteiger partial charge in [0.05, 0.1) is 11.8 Å². The number of likely N-dealkylation sites (tertiary alicyclic amines) is 1. The molecule has 0 aliphatic carbocycles. The summed E-state index contributed by atoms with van der Waals surface area (Å²) in [4.78, 5) is 27.5. The third kappa shape index (κ3) is 5.23. The van der Waals surface area contributed by atoms with Gasteiger partial charge in [0.25, 0.3) is 5.91 Å². The van der Waals surface area contributed by atoms with Gasteiger partial charge in [-0.2, -0.15) is 0 Å². The SMILES string of the molecule is CCn1c(SCC(=O)Nc2ccccc2C)nnc1C1CCCN1C(=O)c1ccc(Cl)cc1. The zero-order valence-corrected chi connectivity index (χ0v) is 20.2. The molecule has 1 saturated heterocycles. The van der Waals surface area contributed by atoms with E-state index in [0.29, 0.717) is 28.8 Å². The van der Waals surface area contributed by atoms with Crippen molar-refractivity contribution in [1.29, 1.82) is 0 Å². The number of aryl methyl sites for hydroxylation is 1. The maximum absolute atomic E-state index is 13.1.